The maximum absolute atomic E-state index is 12.6. The first-order valence-electron chi connectivity index (χ1n) is 7.37. The van der Waals surface area contributed by atoms with Crippen molar-refractivity contribution >= 4 is 28.9 Å². The van der Waals surface area contributed by atoms with Gasteiger partial charge in [-0.3, -0.25) is 4.79 Å². The normalized spacial score (nSPS) is 11.9. The quantitative estimate of drug-likeness (QED) is 0.724. The number of hydrogen-bond donors (Lipinski definition) is 1. The molecule has 3 heterocycles. The average Bonchev–Trinajstić information content (AvgIpc) is 3.27. The highest BCUT2D eigenvalue weighted by molar-refractivity contribution is 7.12. The van der Waals surface area contributed by atoms with Gasteiger partial charge in [0.2, 0.25) is 0 Å². The number of aromatic nitrogens is 1. The summed E-state index contributed by atoms with van der Waals surface area (Å²) in [5.41, 5.74) is 1.83. The summed E-state index contributed by atoms with van der Waals surface area (Å²) in [5.74, 6) is 0.218. The Balaban J connectivity index is 1.65. The SMILES string of the molecule is COC(=O)c1sccc1NC(=O)c1noc2c1COc1ccccc1-2. The Morgan fingerprint density at radius 1 is 1.28 bits per heavy atom. The van der Waals surface area contributed by atoms with Crippen LogP contribution >= 0.6 is 11.3 Å². The van der Waals surface area contributed by atoms with E-state index in [1.807, 2.05) is 24.3 Å². The van der Waals surface area contributed by atoms with Crippen LogP contribution in [-0.4, -0.2) is 24.1 Å². The number of methoxy groups -OCH3 is 1. The van der Waals surface area contributed by atoms with E-state index in [1.54, 1.807) is 11.4 Å². The second kappa shape index (κ2) is 6.06. The number of para-hydroxylation sites is 1. The molecular weight excluding hydrogens is 344 g/mol. The fraction of sp³-hybridized carbons (Fsp3) is 0.118. The van der Waals surface area contributed by atoms with Gasteiger partial charge < -0.3 is 19.3 Å². The highest BCUT2D eigenvalue weighted by Gasteiger charge is 2.29. The summed E-state index contributed by atoms with van der Waals surface area (Å²) in [6.07, 6.45) is 0. The molecule has 1 amide bonds. The first-order chi connectivity index (χ1) is 12.2. The van der Waals surface area contributed by atoms with Crippen molar-refractivity contribution in [2.75, 3.05) is 12.4 Å². The second-order valence-electron chi connectivity index (χ2n) is 5.23. The maximum Gasteiger partial charge on any atom is 0.350 e. The number of amides is 1. The van der Waals surface area contributed by atoms with E-state index < -0.39 is 11.9 Å². The molecule has 0 spiro atoms. The molecule has 8 heteroatoms. The molecule has 0 unspecified atom stereocenters. The third kappa shape index (κ3) is 2.56. The first-order valence-corrected chi connectivity index (χ1v) is 8.25. The van der Waals surface area contributed by atoms with Gasteiger partial charge in [0.15, 0.2) is 11.5 Å². The van der Waals surface area contributed by atoms with Crippen molar-refractivity contribution in [2.45, 2.75) is 6.61 Å². The third-order valence-corrected chi connectivity index (χ3v) is 4.69. The van der Waals surface area contributed by atoms with E-state index in [4.69, 9.17) is 14.0 Å². The number of nitrogens with one attached hydrogen (secondary N) is 1. The Labute approximate surface area is 146 Å². The standard InChI is InChI=1S/C17H12N2O5S/c1-22-17(21)15-11(6-7-25-15)18-16(20)13-10-8-23-12-5-3-2-4-9(12)14(10)24-19-13/h2-7H,8H2,1H3,(H,18,20). The topological polar surface area (TPSA) is 90.7 Å². The van der Waals surface area contributed by atoms with Gasteiger partial charge >= 0.3 is 5.97 Å². The molecule has 1 N–H and O–H groups in total. The zero-order valence-corrected chi connectivity index (χ0v) is 13.9. The summed E-state index contributed by atoms with van der Waals surface area (Å²) in [7, 11) is 1.29. The number of anilines is 1. The van der Waals surface area contributed by atoms with E-state index in [9.17, 15) is 9.59 Å². The van der Waals surface area contributed by atoms with Gasteiger partial charge in [0, 0.05) is 0 Å². The van der Waals surface area contributed by atoms with Gasteiger partial charge in [-0.2, -0.15) is 0 Å². The zero-order valence-electron chi connectivity index (χ0n) is 13.1. The van der Waals surface area contributed by atoms with Crippen LogP contribution in [-0.2, 0) is 11.3 Å². The number of thiophene rings is 1. The molecule has 0 saturated carbocycles. The van der Waals surface area contributed by atoms with E-state index in [1.165, 1.54) is 18.4 Å². The monoisotopic (exact) mass is 356 g/mol. The molecule has 1 aliphatic rings. The van der Waals surface area contributed by atoms with Crippen molar-refractivity contribution in [3.05, 3.63) is 51.8 Å². The van der Waals surface area contributed by atoms with Crippen molar-refractivity contribution in [1.82, 2.24) is 5.16 Å². The molecule has 0 saturated heterocycles. The molecule has 1 aromatic carbocycles. The molecule has 1 aliphatic heterocycles. The highest BCUT2D eigenvalue weighted by atomic mass is 32.1. The molecular formula is C17H12N2O5S. The molecule has 25 heavy (non-hydrogen) atoms. The number of nitrogens with zero attached hydrogens (tertiary/aromatic N) is 1. The summed E-state index contributed by atoms with van der Waals surface area (Å²) in [5, 5.41) is 8.26. The lowest BCUT2D eigenvalue weighted by molar-refractivity contribution is 0.0607. The van der Waals surface area contributed by atoms with Crippen LogP contribution in [0.1, 0.15) is 25.7 Å². The highest BCUT2D eigenvalue weighted by Crippen LogP contribution is 2.38. The summed E-state index contributed by atoms with van der Waals surface area (Å²) in [6.45, 7) is 0.187. The van der Waals surface area contributed by atoms with Crippen molar-refractivity contribution in [1.29, 1.82) is 0 Å². The molecule has 0 radical (unpaired) electrons. The summed E-state index contributed by atoms with van der Waals surface area (Å²) < 4.78 is 15.7. The van der Waals surface area contributed by atoms with E-state index in [0.717, 1.165) is 5.56 Å². The molecule has 2 aromatic heterocycles. The maximum atomic E-state index is 12.6. The molecule has 0 aliphatic carbocycles. The van der Waals surface area contributed by atoms with Crippen molar-refractivity contribution in [3.8, 4) is 17.1 Å². The third-order valence-electron chi connectivity index (χ3n) is 3.79. The Kier molecular flexibility index (Phi) is 3.73. The van der Waals surface area contributed by atoms with Crippen LogP contribution < -0.4 is 10.1 Å². The van der Waals surface area contributed by atoms with Gasteiger partial charge in [-0.15, -0.1) is 11.3 Å². The average molecular weight is 356 g/mol. The lowest BCUT2D eigenvalue weighted by Crippen LogP contribution is -2.17. The number of carbonyl (C=O) groups is 2. The van der Waals surface area contributed by atoms with E-state index in [0.29, 0.717) is 27.6 Å². The van der Waals surface area contributed by atoms with Gasteiger partial charge in [-0.1, -0.05) is 17.3 Å². The summed E-state index contributed by atoms with van der Waals surface area (Å²) >= 11 is 1.18. The minimum atomic E-state index is -0.509. The molecule has 4 rings (SSSR count). The number of esters is 1. The van der Waals surface area contributed by atoms with Crippen molar-refractivity contribution in [3.63, 3.8) is 0 Å². The molecule has 7 nitrogen and oxygen atoms in total. The molecule has 0 bridgehead atoms. The van der Waals surface area contributed by atoms with Crippen molar-refractivity contribution in [2.24, 2.45) is 0 Å². The van der Waals surface area contributed by atoms with Gasteiger partial charge in [0.25, 0.3) is 5.91 Å². The van der Waals surface area contributed by atoms with Crippen LogP contribution in [0.5, 0.6) is 5.75 Å². The van der Waals surface area contributed by atoms with Crippen LogP contribution in [0.15, 0.2) is 40.2 Å². The fourth-order valence-corrected chi connectivity index (χ4v) is 3.37. The minimum Gasteiger partial charge on any atom is -0.488 e. The number of rotatable bonds is 3. The van der Waals surface area contributed by atoms with Crippen LogP contribution in [0.3, 0.4) is 0 Å². The summed E-state index contributed by atoms with van der Waals surface area (Å²) in [6, 6.07) is 9.02. The van der Waals surface area contributed by atoms with Gasteiger partial charge in [0.1, 0.15) is 17.2 Å². The summed E-state index contributed by atoms with van der Waals surface area (Å²) in [4.78, 5) is 24.6. The second-order valence-corrected chi connectivity index (χ2v) is 6.15. The Hall–Kier alpha value is -3.13. The fourth-order valence-electron chi connectivity index (χ4n) is 2.60. The molecule has 3 aromatic rings. The first kappa shape index (κ1) is 15.4. The lowest BCUT2D eigenvalue weighted by atomic mass is 10.0. The number of ether oxygens (including phenoxy) is 2. The van der Waals surface area contributed by atoms with Crippen LogP contribution in [0.2, 0.25) is 0 Å². The number of benzene rings is 1. The van der Waals surface area contributed by atoms with Crippen molar-refractivity contribution < 1.29 is 23.6 Å². The van der Waals surface area contributed by atoms with Crippen LogP contribution in [0, 0.1) is 0 Å². The minimum absolute atomic E-state index is 0.131. The van der Waals surface area contributed by atoms with Crippen LogP contribution in [0.4, 0.5) is 5.69 Å². The van der Waals surface area contributed by atoms with Gasteiger partial charge in [-0.25, -0.2) is 4.79 Å². The molecule has 0 fully saturated rings. The van der Waals surface area contributed by atoms with Crippen LogP contribution in [0.25, 0.3) is 11.3 Å². The lowest BCUT2D eigenvalue weighted by Gasteiger charge is -2.15. The van der Waals surface area contributed by atoms with Gasteiger partial charge in [-0.05, 0) is 23.6 Å². The Morgan fingerprint density at radius 2 is 2.12 bits per heavy atom. The number of fused-ring (bicyclic) bond motifs is 3. The zero-order chi connectivity index (χ0) is 17.4. The number of hydrogen-bond acceptors (Lipinski definition) is 7. The van der Waals surface area contributed by atoms with E-state index in [2.05, 4.69) is 10.5 Å². The van der Waals surface area contributed by atoms with E-state index >= 15 is 0 Å². The Morgan fingerprint density at radius 3 is 2.96 bits per heavy atom. The molecule has 0 atom stereocenters. The van der Waals surface area contributed by atoms with Gasteiger partial charge in [0.05, 0.1) is 23.9 Å². The number of carbonyl (C=O) groups excluding carboxylic acids is 2. The predicted octanol–water partition coefficient (Wildman–Crippen LogP) is 3.33. The molecule has 126 valence electrons. The Bertz CT molecular complexity index is 975. The smallest absolute Gasteiger partial charge is 0.350 e. The van der Waals surface area contributed by atoms with E-state index in [-0.39, 0.29) is 12.3 Å². The largest absolute Gasteiger partial charge is 0.488 e. The predicted molar refractivity (Wildman–Crippen MR) is 89.9 cm³/mol.